The molecule has 0 radical (unpaired) electrons. The van der Waals surface area contributed by atoms with Gasteiger partial charge in [0.05, 0.1) is 13.2 Å². The van der Waals surface area contributed by atoms with E-state index in [4.69, 9.17) is 14.6 Å². The minimum atomic E-state index is -0.687. The molecule has 1 unspecified atom stereocenters. The minimum absolute atomic E-state index is 0.436. The highest BCUT2D eigenvalue weighted by molar-refractivity contribution is 7.80. The van der Waals surface area contributed by atoms with Crippen LogP contribution in [0.15, 0.2) is 0 Å². The maximum absolute atomic E-state index is 8.95. The molecule has 4 heteroatoms. The van der Waals surface area contributed by atoms with Crippen LogP contribution in [0.1, 0.15) is 6.42 Å². The highest BCUT2D eigenvalue weighted by Gasteiger charge is 2.00. The summed E-state index contributed by atoms with van der Waals surface area (Å²) in [6.07, 6.45) is -0.125. The molecule has 0 aromatic heterocycles. The van der Waals surface area contributed by atoms with Gasteiger partial charge in [-0.1, -0.05) is 0 Å². The van der Waals surface area contributed by atoms with Crippen molar-refractivity contribution in [2.75, 3.05) is 26.1 Å². The van der Waals surface area contributed by atoms with Crippen LogP contribution in [-0.4, -0.2) is 37.5 Å². The first-order chi connectivity index (χ1) is 4.81. The van der Waals surface area contributed by atoms with Crippen molar-refractivity contribution in [2.24, 2.45) is 0 Å². The summed E-state index contributed by atoms with van der Waals surface area (Å²) in [5.41, 5.74) is 0. The Bertz CT molecular complexity index is 70.0. The van der Waals surface area contributed by atoms with Gasteiger partial charge in [0.2, 0.25) is 0 Å². The van der Waals surface area contributed by atoms with Crippen molar-refractivity contribution >= 4 is 12.6 Å². The summed E-state index contributed by atoms with van der Waals surface area (Å²) < 4.78 is 9.62. The van der Waals surface area contributed by atoms with E-state index in [1.807, 2.05) is 0 Å². The number of ether oxygens (including phenoxy) is 2. The molecule has 1 N–H and O–H groups in total. The van der Waals surface area contributed by atoms with Crippen LogP contribution in [0.2, 0.25) is 0 Å². The van der Waals surface area contributed by atoms with Crippen molar-refractivity contribution in [1.29, 1.82) is 0 Å². The standard InChI is InChI=1S/C6H14O3S/c1-8-3-4-9-6(7)2-5-10/h6-7,10H,2-5H2,1H3. The predicted octanol–water partition coefficient (Wildman–Crippen LogP) is 0.288. The van der Waals surface area contributed by atoms with E-state index in [2.05, 4.69) is 12.6 Å². The average Bonchev–Trinajstić information content (AvgIpc) is 1.89. The monoisotopic (exact) mass is 166 g/mol. The zero-order valence-corrected chi connectivity index (χ0v) is 7.01. The number of aliphatic hydroxyl groups excluding tert-OH is 1. The van der Waals surface area contributed by atoms with Crippen LogP contribution < -0.4 is 0 Å². The Morgan fingerprint density at radius 1 is 1.50 bits per heavy atom. The van der Waals surface area contributed by atoms with E-state index in [-0.39, 0.29) is 0 Å². The van der Waals surface area contributed by atoms with Crippen molar-refractivity contribution in [1.82, 2.24) is 0 Å². The van der Waals surface area contributed by atoms with E-state index in [0.717, 1.165) is 0 Å². The lowest BCUT2D eigenvalue weighted by Crippen LogP contribution is -2.15. The van der Waals surface area contributed by atoms with Gasteiger partial charge in [-0.15, -0.1) is 0 Å². The molecule has 0 heterocycles. The van der Waals surface area contributed by atoms with Crippen LogP contribution >= 0.6 is 12.6 Å². The van der Waals surface area contributed by atoms with E-state index in [1.165, 1.54) is 0 Å². The lowest BCUT2D eigenvalue weighted by atomic mass is 10.5. The molecule has 3 nitrogen and oxygen atoms in total. The Morgan fingerprint density at radius 2 is 2.20 bits per heavy atom. The summed E-state index contributed by atoms with van der Waals surface area (Å²) in [4.78, 5) is 0. The molecule has 0 spiro atoms. The number of thiol groups is 1. The minimum Gasteiger partial charge on any atom is -0.382 e. The second-order valence-corrected chi connectivity index (χ2v) is 2.28. The second-order valence-electron chi connectivity index (χ2n) is 1.83. The molecular formula is C6H14O3S. The van der Waals surface area contributed by atoms with E-state index in [0.29, 0.717) is 25.4 Å². The van der Waals surface area contributed by atoms with Crippen molar-refractivity contribution in [3.63, 3.8) is 0 Å². The third-order valence-electron chi connectivity index (χ3n) is 0.974. The van der Waals surface area contributed by atoms with Crippen molar-refractivity contribution < 1.29 is 14.6 Å². The molecule has 0 aromatic carbocycles. The van der Waals surface area contributed by atoms with Crippen molar-refractivity contribution in [2.45, 2.75) is 12.7 Å². The summed E-state index contributed by atoms with van der Waals surface area (Å²) in [5.74, 6) is 0.633. The summed E-state index contributed by atoms with van der Waals surface area (Å²) in [6.45, 7) is 0.953. The summed E-state index contributed by atoms with van der Waals surface area (Å²) in [6, 6.07) is 0. The molecule has 0 rings (SSSR count). The Hall–Kier alpha value is 0.230. The van der Waals surface area contributed by atoms with Gasteiger partial charge in [-0.3, -0.25) is 0 Å². The van der Waals surface area contributed by atoms with Crippen LogP contribution in [0.4, 0.5) is 0 Å². The van der Waals surface area contributed by atoms with Crippen molar-refractivity contribution in [3.8, 4) is 0 Å². The molecule has 0 bridgehead atoms. The van der Waals surface area contributed by atoms with Gasteiger partial charge in [-0.05, 0) is 5.75 Å². The summed E-state index contributed by atoms with van der Waals surface area (Å²) >= 11 is 3.93. The highest BCUT2D eigenvalue weighted by atomic mass is 32.1. The third-order valence-corrected chi connectivity index (χ3v) is 1.23. The molecule has 0 aliphatic carbocycles. The summed E-state index contributed by atoms with van der Waals surface area (Å²) in [5, 5.41) is 8.95. The normalized spacial score (nSPS) is 13.5. The van der Waals surface area contributed by atoms with Gasteiger partial charge in [-0.25, -0.2) is 0 Å². The zero-order chi connectivity index (χ0) is 7.82. The molecule has 1 atom stereocenters. The van der Waals surface area contributed by atoms with Crippen LogP contribution in [-0.2, 0) is 9.47 Å². The molecule has 0 saturated heterocycles. The molecule has 10 heavy (non-hydrogen) atoms. The van der Waals surface area contributed by atoms with Gasteiger partial charge in [-0.2, -0.15) is 12.6 Å². The SMILES string of the molecule is COCCOC(O)CCS. The number of methoxy groups -OCH3 is 1. The van der Waals surface area contributed by atoms with Gasteiger partial charge in [0, 0.05) is 13.5 Å². The lowest BCUT2D eigenvalue weighted by molar-refractivity contribution is -0.109. The van der Waals surface area contributed by atoms with Gasteiger partial charge < -0.3 is 14.6 Å². The van der Waals surface area contributed by atoms with Crippen LogP contribution in [0, 0.1) is 0 Å². The fourth-order valence-electron chi connectivity index (χ4n) is 0.461. The van der Waals surface area contributed by atoms with Gasteiger partial charge in [0.1, 0.15) is 0 Å². The van der Waals surface area contributed by atoms with E-state index >= 15 is 0 Å². The maximum atomic E-state index is 8.95. The second kappa shape index (κ2) is 7.34. The first kappa shape index (κ1) is 10.2. The van der Waals surface area contributed by atoms with Gasteiger partial charge in [0.15, 0.2) is 6.29 Å². The fraction of sp³-hybridized carbons (Fsp3) is 1.00. The first-order valence-electron chi connectivity index (χ1n) is 3.20. The summed E-state index contributed by atoms with van der Waals surface area (Å²) in [7, 11) is 1.59. The Balaban J connectivity index is 2.97. The van der Waals surface area contributed by atoms with Gasteiger partial charge in [0.25, 0.3) is 0 Å². The number of hydrogen-bond acceptors (Lipinski definition) is 4. The Morgan fingerprint density at radius 3 is 2.70 bits per heavy atom. The third kappa shape index (κ3) is 6.35. The molecule has 0 amide bonds. The Kier molecular flexibility index (Phi) is 7.51. The number of aliphatic hydroxyl groups is 1. The molecule has 0 aromatic rings. The quantitative estimate of drug-likeness (QED) is 0.338. The molecular weight excluding hydrogens is 152 g/mol. The molecule has 0 fully saturated rings. The molecule has 0 aliphatic rings. The lowest BCUT2D eigenvalue weighted by Gasteiger charge is -2.09. The molecule has 0 saturated carbocycles. The van der Waals surface area contributed by atoms with Crippen LogP contribution in [0.25, 0.3) is 0 Å². The molecule has 62 valence electrons. The maximum Gasteiger partial charge on any atom is 0.155 e. The van der Waals surface area contributed by atoms with Gasteiger partial charge >= 0.3 is 0 Å². The number of hydrogen-bond donors (Lipinski definition) is 2. The van der Waals surface area contributed by atoms with E-state index in [9.17, 15) is 0 Å². The van der Waals surface area contributed by atoms with Crippen LogP contribution in [0.3, 0.4) is 0 Å². The number of rotatable bonds is 6. The largest absolute Gasteiger partial charge is 0.382 e. The molecule has 0 aliphatic heterocycles. The highest BCUT2D eigenvalue weighted by Crippen LogP contribution is 1.94. The van der Waals surface area contributed by atoms with Crippen LogP contribution in [0.5, 0.6) is 0 Å². The fourth-order valence-corrected chi connectivity index (χ4v) is 0.682. The van der Waals surface area contributed by atoms with E-state index < -0.39 is 6.29 Å². The average molecular weight is 166 g/mol. The van der Waals surface area contributed by atoms with Crippen molar-refractivity contribution in [3.05, 3.63) is 0 Å². The zero-order valence-electron chi connectivity index (χ0n) is 6.12. The first-order valence-corrected chi connectivity index (χ1v) is 3.84. The predicted molar refractivity (Wildman–Crippen MR) is 42.3 cm³/mol. The topological polar surface area (TPSA) is 38.7 Å². The van der Waals surface area contributed by atoms with E-state index in [1.54, 1.807) is 7.11 Å². The Labute approximate surface area is 66.7 Å². The smallest absolute Gasteiger partial charge is 0.155 e.